The fourth-order valence-corrected chi connectivity index (χ4v) is 6.38. The Balaban J connectivity index is 0.000000168. The quantitative estimate of drug-likeness (QED) is 0.0791. The van der Waals surface area contributed by atoms with E-state index in [1.807, 2.05) is 48.5 Å². The van der Waals surface area contributed by atoms with Gasteiger partial charge in [-0.1, -0.05) is 72.8 Å². The molecule has 2 aromatic heterocycles. The average Bonchev–Trinajstić information content (AvgIpc) is 3.92. The molecular weight excluding hydrogens is 816 g/mol. The van der Waals surface area contributed by atoms with Crippen LogP contribution < -0.4 is 0 Å². The molecule has 0 aliphatic carbocycles. The van der Waals surface area contributed by atoms with E-state index in [9.17, 15) is 79.2 Å². The van der Waals surface area contributed by atoms with Gasteiger partial charge in [0.25, 0.3) is 0 Å². The number of H-pyrrole nitrogens is 2. The molecule has 0 atom stereocenters. The third-order valence-corrected chi connectivity index (χ3v) is 8.80. The van der Waals surface area contributed by atoms with E-state index in [0.717, 1.165) is 22.1 Å². The summed E-state index contributed by atoms with van der Waals surface area (Å²) < 4.78 is 0. The molecule has 6 aromatic carbocycles. The number of hydrogen-bond donors (Lipinski definition) is 10. The first kappa shape index (κ1) is 43.7. The van der Waals surface area contributed by atoms with Crippen LogP contribution in [0.5, 0.6) is 0 Å². The summed E-state index contributed by atoms with van der Waals surface area (Å²) in [6.07, 6.45) is 3.40. The number of para-hydroxylation sites is 4. The van der Waals surface area contributed by atoms with Gasteiger partial charge < -0.3 is 50.8 Å². The third-order valence-electron chi connectivity index (χ3n) is 8.80. The average molecular weight is 845 g/mol. The van der Waals surface area contributed by atoms with Gasteiger partial charge in [0.05, 0.1) is 79.2 Å². The monoisotopic (exact) mass is 844 g/mol. The van der Waals surface area contributed by atoms with Crippen LogP contribution in [0.2, 0.25) is 0 Å². The van der Waals surface area contributed by atoms with Crippen LogP contribution in [-0.4, -0.2) is 109 Å². The van der Waals surface area contributed by atoms with Gasteiger partial charge in [0, 0.05) is 0 Å². The summed E-state index contributed by atoms with van der Waals surface area (Å²) in [5.41, 5.74) is -3.03. The van der Waals surface area contributed by atoms with E-state index >= 15 is 0 Å². The maximum absolute atomic E-state index is 11.4. The number of benzene rings is 6. The van der Waals surface area contributed by atoms with Gasteiger partial charge >= 0.3 is 47.8 Å². The van der Waals surface area contributed by atoms with Crippen LogP contribution in [-0.2, 0) is 0 Å². The Labute approximate surface area is 344 Å². The highest BCUT2D eigenvalue weighted by Gasteiger charge is 2.34. The van der Waals surface area contributed by atoms with E-state index in [1.165, 1.54) is 48.5 Å². The summed E-state index contributed by atoms with van der Waals surface area (Å²) in [6.45, 7) is 0. The highest BCUT2D eigenvalue weighted by Crippen LogP contribution is 2.33. The standard InChI is InChI=1S/2C14H8O8.2C7H6N2/c2*15-11(16)7-5-3-1-2-4-6(5)8(12(17)18)10(14(21)22)9(7)13(19)20;2*1-2-4-7-6(3-1)8-5-9-7/h2*1-4H,(H,15,16)(H,17,18)(H,19,20)(H,21,22);2*1-5H,(H,8,9). The number of imidazole rings is 2. The van der Waals surface area contributed by atoms with Crippen LogP contribution in [0, 0.1) is 0 Å². The largest absolute Gasteiger partial charge is 0.478 e. The number of aromatic nitrogens is 4. The van der Waals surface area contributed by atoms with Crippen LogP contribution >= 0.6 is 0 Å². The van der Waals surface area contributed by atoms with E-state index in [1.54, 1.807) is 12.7 Å². The number of aromatic carboxylic acids is 8. The summed E-state index contributed by atoms with van der Waals surface area (Å²) in [4.78, 5) is 105. The summed E-state index contributed by atoms with van der Waals surface area (Å²) in [5, 5.41) is 73.1. The number of nitrogens with one attached hydrogen (secondary N) is 2. The first-order valence-corrected chi connectivity index (χ1v) is 17.3. The Morgan fingerprint density at radius 1 is 0.306 bits per heavy atom. The topological polar surface area (TPSA) is 356 Å². The maximum atomic E-state index is 11.4. The van der Waals surface area contributed by atoms with Crippen molar-refractivity contribution in [2.24, 2.45) is 0 Å². The van der Waals surface area contributed by atoms with Gasteiger partial charge in [-0.3, -0.25) is 0 Å². The summed E-state index contributed by atoms with van der Waals surface area (Å²) >= 11 is 0. The molecule has 0 saturated carbocycles. The molecule has 0 unspecified atom stereocenters. The van der Waals surface area contributed by atoms with E-state index in [2.05, 4.69) is 19.9 Å². The Bertz CT molecular complexity index is 2720. The Morgan fingerprint density at radius 3 is 0.726 bits per heavy atom. The van der Waals surface area contributed by atoms with Gasteiger partial charge in [0.2, 0.25) is 0 Å². The van der Waals surface area contributed by atoms with Gasteiger partial charge in [-0.25, -0.2) is 48.3 Å². The molecule has 0 fully saturated rings. The van der Waals surface area contributed by atoms with Crippen molar-refractivity contribution in [2.45, 2.75) is 0 Å². The molecule has 62 heavy (non-hydrogen) atoms. The molecule has 312 valence electrons. The molecule has 0 aliphatic rings. The van der Waals surface area contributed by atoms with Crippen molar-refractivity contribution in [3.8, 4) is 0 Å². The normalized spacial score (nSPS) is 10.3. The van der Waals surface area contributed by atoms with Crippen molar-refractivity contribution in [3.05, 3.63) is 154 Å². The molecule has 0 bridgehead atoms. The number of hydrogen-bond acceptors (Lipinski definition) is 10. The molecule has 0 amide bonds. The molecule has 20 nitrogen and oxygen atoms in total. The zero-order valence-corrected chi connectivity index (χ0v) is 31.1. The van der Waals surface area contributed by atoms with E-state index in [-0.39, 0.29) is 21.5 Å². The number of rotatable bonds is 8. The fraction of sp³-hybridized carbons (Fsp3) is 0. The van der Waals surface area contributed by atoms with Gasteiger partial charge in [0.15, 0.2) is 0 Å². The molecule has 0 spiro atoms. The molecule has 0 radical (unpaired) electrons. The second kappa shape index (κ2) is 18.4. The van der Waals surface area contributed by atoms with Crippen molar-refractivity contribution in [2.75, 3.05) is 0 Å². The third kappa shape index (κ3) is 8.83. The Morgan fingerprint density at radius 2 is 0.516 bits per heavy atom. The van der Waals surface area contributed by atoms with Gasteiger partial charge in [-0.2, -0.15) is 0 Å². The maximum Gasteiger partial charge on any atom is 0.337 e. The zero-order chi connectivity index (χ0) is 45.4. The Kier molecular flexibility index (Phi) is 13.0. The van der Waals surface area contributed by atoms with Crippen LogP contribution in [0.25, 0.3) is 43.6 Å². The van der Waals surface area contributed by atoms with Gasteiger partial charge in [0.1, 0.15) is 0 Å². The lowest BCUT2D eigenvalue weighted by Crippen LogP contribution is -2.20. The fourth-order valence-electron chi connectivity index (χ4n) is 6.38. The lowest BCUT2D eigenvalue weighted by molar-refractivity contribution is 0.0621. The number of carboxylic acids is 8. The van der Waals surface area contributed by atoms with Crippen molar-refractivity contribution in [3.63, 3.8) is 0 Å². The minimum absolute atomic E-state index is 0.158. The lowest BCUT2D eigenvalue weighted by atomic mass is 9.88. The molecule has 8 aromatic rings. The second-order valence-corrected chi connectivity index (χ2v) is 12.4. The number of aromatic amines is 2. The zero-order valence-electron chi connectivity index (χ0n) is 31.1. The van der Waals surface area contributed by atoms with E-state index in [4.69, 9.17) is 0 Å². The number of nitrogens with zero attached hydrogens (tertiary/aromatic N) is 2. The van der Waals surface area contributed by atoms with Crippen LogP contribution in [0.15, 0.2) is 110 Å². The Hall–Kier alpha value is -9.46. The SMILES string of the molecule is O=C(O)c1c(C(=O)O)c(C(=O)O)c2ccccc2c1C(=O)O.O=C(O)c1c(C(=O)O)c(C(=O)O)c2ccccc2c1C(=O)O.c1ccc2[nH]cnc2c1.c1ccc2[nH]cnc2c1. The molecule has 8 rings (SSSR count). The van der Waals surface area contributed by atoms with Crippen LogP contribution in [0.1, 0.15) is 82.9 Å². The summed E-state index contributed by atoms with van der Waals surface area (Å²) in [6, 6.07) is 26.4. The second-order valence-electron chi connectivity index (χ2n) is 12.4. The molecule has 0 saturated heterocycles. The van der Waals surface area contributed by atoms with Crippen molar-refractivity contribution in [1.82, 2.24) is 19.9 Å². The van der Waals surface area contributed by atoms with Crippen molar-refractivity contribution in [1.29, 1.82) is 0 Å². The summed E-state index contributed by atoms with van der Waals surface area (Å²) in [7, 11) is 0. The summed E-state index contributed by atoms with van der Waals surface area (Å²) in [5.74, 6) is -14.0. The molecule has 2 heterocycles. The molecule has 10 N–H and O–H groups in total. The highest BCUT2D eigenvalue weighted by atomic mass is 16.4. The minimum atomic E-state index is -1.83. The number of carbonyl (C=O) groups is 8. The number of carboxylic acid groups (broad SMARTS) is 8. The first-order valence-electron chi connectivity index (χ1n) is 17.3. The lowest BCUT2D eigenvalue weighted by Gasteiger charge is -2.14. The van der Waals surface area contributed by atoms with E-state index < -0.39 is 92.3 Å². The van der Waals surface area contributed by atoms with Gasteiger partial charge in [-0.05, 0) is 45.8 Å². The molecular formula is C42H28N4O16. The van der Waals surface area contributed by atoms with Gasteiger partial charge in [-0.15, -0.1) is 0 Å². The predicted octanol–water partition coefficient (Wildman–Crippen LogP) is 6.39. The highest BCUT2D eigenvalue weighted by molar-refractivity contribution is 6.24. The first-order chi connectivity index (χ1) is 29.5. The number of fused-ring (bicyclic) bond motifs is 4. The van der Waals surface area contributed by atoms with Crippen molar-refractivity contribution < 1.29 is 79.2 Å². The minimum Gasteiger partial charge on any atom is -0.478 e. The van der Waals surface area contributed by atoms with Crippen LogP contribution in [0.3, 0.4) is 0 Å². The van der Waals surface area contributed by atoms with Crippen LogP contribution in [0.4, 0.5) is 0 Å². The molecule has 0 aliphatic heterocycles. The van der Waals surface area contributed by atoms with E-state index in [0.29, 0.717) is 0 Å². The smallest absolute Gasteiger partial charge is 0.337 e. The molecule has 20 heteroatoms. The predicted molar refractivity (Wildman–Crippen MR) is 216 cm³/mol. The van der Waals surface area contributed by atoms with Crippen molar-refractivity contribution >= 4 is 91.4 Å².